The molecule has 0 bridgehead atoms. The van der Waals surface area contributed by atoms with E-state index in [4.69, 9.17) is 4.74 Å². The van der Waals surface area contributed by atoms with E-state index in [9.17, 15) is 0 Å². The number of hydrogen-bond acceptors (Lipinski definition) is 3. The molecule has 1 saturated carbocycles. The maximum absolute atomic E-state index is 5.14. The van der Waals surface area contributed by atoms with Crippen LogP contribution in [0.15, 0.2) is 0 Å². The Morgan fingerprint density at radius 2 is 1.87 bits per heavy atom. The number of thiol groups is 1. The van der Waals surface area contributed by atoms with Gasteiger partial charge in [-0.05, 0) is 38.0 Å². The van der Waals surface area contributed by atoms with Crippen molar-refractivity contribution in [2.24, 2.45) is 0 Å². The quantitative estimate of drug-likeness (QED) is 0.458. The first-order valence-corrected chi connectivity index (χ1v) is 6.85. The van der Waals surface area contributed by atoms with Crippen LogP contribution >= 0.6 is 12.6 Å². The van der Waals surface area contributed by atoms with Gasteiger partial charge in [-0.15, -0.1) is 0 Å². The van der Waals surface area contributed by atoms with Crippen LogP contribution < -0.4 is 0 Å². The van der Waals surface area contributed by atoms with Gasteiger partial charge in [-0.3, -0.25) is 4.90 Å². The molecule has 0 N–H and O–H groups in total. The zero-order chi connectivity index (χ0) is 10.9. The van der Waals surface area contributed by atoms with Crippen LogP contribution in [0.1, 0.15) is 38.5 Å². The fourth-order valence-electron chi connectivity index (χ4n) is 1.91. The molecule has 1 fully saturated rings. The van der Waals surface area contributed by atoms with Gasteiger partial charge in [0.25, 0.3) is 0 Å². The number of unbranched alkanes of at least 4 members (excludes halogenated alkanes) is 3. The summed E-state index contributed by atoms with van der Waals surface area (Å²) in [5.41, 5.74) is 0. The van der Waals surface area contributed by atoms with E-state index in [-0.39, 0.29) is 0 Å². The topological polar surface area (TPSA) is 12.5 Å². The van der Waals surface area contributed by atoms with Crippen LogP contribution in [-0.2, 0) is 4.74 Å². The first-order chi connectivity index (χ1) is 7.38. The van der Waals surface area contributed by atoms with E-state index in [1.165, 1.54) is 45.1 Å². The normalized spacial score (nSPS) is 16.2. The minimum Gasteiger partial charge on any atom is -0.383 e. The first-order valence-electron chi connectivity index (χ1n) is 6.22. The third kappa shape index (κ3) is 6.44. The number of nitrogens with zero attached hydrogens (tertiary/aromatic N) is 1. The van der Waals surface area contributed by atoms with Gasteiger partial charge in [0.15, 0.2) is 0 Å². The minimum atomic E-state index is 0.880. The smallest absolute Gasteiger partial charge is 0.0589 e. The Balaban J connectivity index is 1.98. The molecule has 0 saturated heterocycles. The van der Waals surface area contributed by atoms with E-state index in [2.05, 4.69) is 17.5 Å². The lowest BCUT2D eigenvalue weighted by Gasteiger charge is -2.21. The first kappa shape index (κ1) is 13.3. The van der Waals surface area contributed by atoms with Crippen molar-refractivity contribution in [2.45, 2.75) is 44.6 Å². The summed E-state index contributed by atoms with van der Waals surface area (Å²) in [5.74, 6) is 1.04. The Hall–Kier alpha value is 0.270. The van der Waals surface area contributed by atoms with Gasteiger partial charge in [0.1, 0.15) is 0 Å². The highest BCUT2D eigenvalue weighted by Crippen LogP contribution is 2.26. The molecule has 0 unspecified atom stereocenters. The molecule has 0 amide bonds. The van der Waals surface area contributed by atoms with Crippen LogP contribution in [0, 0.1) is 0 Å². The molecule has 0 aromatic carbocycles. The summed E-state index contributed by atoms with van der Waals surface area (Å²) in [4.78, 5) is 2.60. The highest BCUT2D eigenvalue weighted by Gasteiger charge is 2.27. The molecule has 1 aliphatic rings. The van der Waals surface area contributed by atoms with Crippen LogP contribution in [0.3, 0.4) is 0 Å². The number of rotatable bonds is 10. The highest BCUT2D eigenvalue weighted by molar-refractivity contribution is 7.80. The van der Waals surface area contributed by atoms with E-state index in [1.54, 1.807) is 7.11 Å². The van der Waals surface area contributed by atoms with Crippen LogP contribution in [-0.4, -0.2) is 43.5 Å². The molecular formula is C12H25NOS. The third-order valence-corrected chi connectivity index (χ3v) is 3.32. The molecule has 1 aliphatic carbocycles. The predicted molar refractivity (Wildman–Crippen MR) is 68.8 cm³/mol. The summed E-state index contributed by atoms with van der Waals surface area (Å²) < 4.78 is 5.14. The average molecular weight is 231 g/mol. The SMILES string of the molecule is COCCN(CCCCCCS)C1CC1. The van der Waals surface area contributed by atoms with Crippen molar-refractivity contribution in [2.75, 3.05) is 32.6 Å². The maximum atomic E-state index is 5.14. The van der Waals surface area contributed by atoms with Crippen LogP contribution in [0.5, 0.6) is 0 Å². The van der Waals surface area contributed by atoms with Gasteiger partial charge in [-0.1, -0.05) is 12.8 Å². The van der Waals surface area contributed by atoms with Crippen LogP contribution in [0.4, 0.5) is 0 Å². The molecule has 0 radical (unpaired) electrons. The Morgan fingerprint density at radius 3 is 2.47 bits per heavy atom. The average Bonchev–Trinajstić information content (AvgIpc) is 3.06. The molecule has 2 nitrogen and oxygen atoms in total. The molecule has 0 heterocycles. The lowest BCUT2D eigenvalue weighted by Crippen LogP contribution is -2.30. The van der Waals surface area contributed by atoms with Gasteiger partial charge in [-0.2, -0.15) is 12.6 Å². The van der Waals surface area contributed by atoms with E-state index in [0.717, 1.165) is 24.9 Å². The van der Waals surface area contributed by atoms with Gasteiger partial charge in [0.05, 0.1) is 6.61 Å². The van der Waals surface area contributed by atoms with Crippen molar-refractivity contribution in [1.82, 2.24) is 4.90 Å². The molecule has 90 valence electrons. The van der Waals surface area contributed by atoms with Crippen molar-refractivity contribution < 1.29 is 4.74 Å². The van der Waals surface area contributed by atoms with Gasteiger partial charge in [-0.25, -0.2) is 0 Å². The Morgan fingerprint density at radius 1 is 1.13 bits per heavy atom. The number of ether oxygens (including phenoxy) is 1. The minimum absolute atomic E-state index is 0.880. The summed E-state index contributed by atoms with van der Waals surface area (Å²) >= 11 is 4.23. The molecule has 0 atom stereocenters. The lowest BCUT2D eigenvalue weighted by atomic mass is 10.2. The molecule has 0 spiro atoms. The second-order valence-corrected chi connectivity index (χ2v) is 4.84. The van der Waals surface area contributed by atoms with Crippen molar-refractivity contribution >= 4 is 12.6 Å². The number of methoxy groups -OCH3 is 1. The summed E-state index contributed by atoms with van der Waals surface area (Å²) in [6, 6.07) is 0.880. The Kier molecular flexibility index (Phi) is 7.49. The molecule has 1 rings (SSSR count). The predicted octanol–water partition coefficient (Wildman–Crippen LogP) is 2.59. The van der Waals surface area contributed by atoms with Gasteiger partial charge < -0.3 is 4.74 Å². The lowest BCUT2D eigenvalue weighted by molar-refractivity contribution is 0.142. The molecule has 0 aromatic heterocycles. The maximum Gasteiger partial charge on any atom is 0.0589 e. The van der Waals surface area contributed by atoms with Gasteiger partial charge >= 0.3 is 0 Å². The van der Waals surface area contributed by atoms with Crippen LogP contribution in [0.25, 0.3) is 0 Å². The summed E-state index contributed by atoms with van der Waals surface area (Å²) in [5, 5.41) is 0. The fraction of sp³-hybridized carbons (Fsp3) is 1.00. The van der Waals surface area contributed by atoms with Gasteiger partial charge in [0, 0.05) is 19.7 Å². The van der Waals surface area contributed by atoms with E-state index < -0.39 is 0 Å². The standard InChI is InChI=1S/C12H25NOS/c1-14-10-9-13(12-6-7-12)8-4-2-3-5-11-15/h12,15H,2-11H2,1H3. The molecule has 15 heavy (non-hydrogen) atoms. The van der Waals surface area contributed by atoms with Crippen molar-refractivity contribution in [3.05, 3.63) is 0 Å². The van der Waals surface area contributed by atoms with Crippen molar-refractivity contribution in [3.63, 3.8) is 0 Å². The monoisotopic (exact) mass is 231 g/mol. The highest BCUT2D eigenvalue weighted by atomic mass is 32.1. The summed E-state index contributed by atoms with van der Waals surface area (Å²) in [6.07, 6.45) is 8.11. The Bertz CT molecular complexity index is 151. The second kappa shape index (κ2) is 8.43. The van der Waals surface area contributed by atoms with Gasteiger partial charge in [0.2, 0.25) is 0 Å². The molecular weight excluding hydrogens is 206 g/mol. The van der Waals surface area contributed by atoms with Crippen LogP contribution in [0.2, 0.25) is 0 Å². The largest absolute Gasteiger partial charge is 0.383 e. The molecule has 3 heteroatoms. The number of hydrogen-bond donors (Lipinski definition) is 1. The summed E-state index contributed by atoms with van der Waals surface area (Å²) in [6.45, 7) is 3.27. The zero-order valence-corrected chi connectivity index (χ0v) is 10.8. The Labute approximate surface area is 99.8 Å². The zero-order valence-electron chi connectivity index (χ0n) is 9.95. The molecule has 0 aliphatic heterocycles. The van der Waals surface area contributed by atoms with Crippen molar-refractivity contribution in [3.8, 4) is 0 Å². The van der Waals surface area contributed by atoms with Crippen molar-refractivity contribution in [1.29, 1.82) is 0 Å². The van der Waals surface area contributed by atoms with E-state index in [1.807, 2.05) is 0 Å². The molecule has 0 aromatic rings. The van der Waals surface area contributed by atoms with E-state index >= 15 is 0 Å². The third-order valence-electron chi connectivity index (χ3n) is 3.00. The summed E-state index contributed by atoms with van der Waals surface area (Å²) in [7, 11) is 1.79. The fourth-order valence-corrected chi connectivity index (χ4v) is 2.13. The van der Waals surface area contributed by atoms with E-state index in [0.29, 0.717) is 0 Å². The second-order valence-electron chi connectivity index (χ2n) is 4.40.